The molecule has 32 heavy (non-hydrogen) atoms. The van der Waals surface area contributed by atoms with Gasteiger partial charge in [0, 0.05) is 31.6 Å². The number of hydrogen-bond donors (Lipinski definition) is 2. The van der Waals surface area contributed by atoms with Crippen LogP contribution < -0.4 is 11.1 Å². The predicted molar refractivity (Wildman–Crippen MR) is 123 cm³/mol. The highest BCUT2D eigenvalue weighted by Gasteiger charge is 2.21. The zero-order chi connectivity index (χ0) is 22.5. The van der Waals surface area contributed by atoms with E-state index < -0.39 is 5.76 Å². The Balaban J connectivity index is 1.20. The van der Waals surface area contributed by atoms with Gasteiger partial charge in [-0.05, 0) is 17.7 Å². The number of carbonyl (C=O) groups excluding carboxylic acids is 1. The summed E-state index contributed by atoms with van der Waals surface area (Å²) in [6.45, 7) is 3.29. The third-order valence-electron chi connectivity index (χ3n) is 4.63. The summed E-state index contributed by atoms with van der Waals surface area (Å²) in [5, 5.41) is 9.34. The molecule has 3 aromatic rings. The second-order valence-corrected chi connectivity index (χ2v) is 9.91. The maximum Gasteiger partial charge on any atom is 0.439 e. The van der Waals surface area contributed by atoms with Crippen LogP contribution in [-0.4, -0.2) is 64.0 Å². The first kappa shape index (κ1) is 23.3. The summed E-state index contributed by atoms with van der Waals surface area (Å²) in [5.41, 5.74) is 1.58. The molecule has 0 spiro atoms. The molecule has 2 N–H and O–H groups in total. The Hall–Kier alpha value is -1.89. The number of H-pyrrole nitrogens is 1. The average molecular weight is 516 g/mol. The number of halogens is 2. The van der Waals surface area contributed by atoms with E-state index in [1.165, 1.54) is 23.1 Å². The van der Waals surface area contributed by atoms with E-state index in [2.05, 4.69) is 29.9 Å². The normalized spacial score (nSPS) is 16.9. The van der Waals surface area contributed by atoms with E-state index in [-0.39, 0.29) is 23.6 Å². The van der Waals surface area contributed by atoms with Crippen LogP contribution in [0.4, 0.5) is 0 Å². The number of nitrogens with one attached hydrogen (secondary N) is 2. The van der Waals surface area contributed by atoms with E-state index in [1.807, 2.05) is 12.1 Å². The Labute approximate surface area is 201 Å². The van der Waals surface area contributed by atoms with Crippen molar-refractivity contribution >= 4 is 52.2 Å². The summed E-state index contributed by atoms with van der Waals surface area (Å²) in [5.74, 6) is -0.251. The molecule has 0 radical (unpaired) electrons. The van der Waals surface area contributed by atoms with Crippen LogP contribution in [0.15, 0.2) is 37.2 Å². The van der Waals surface area contributed by atoms with Crippen LogP contribution in [0.3, 0.4) is 0 Å². The van der Waals surface area contributed by atoms with E-state index in [0.717, 1.165) is 18.7 Å². The number of hydrogen-bond acceptors (Lipinski definition) is 9. The zero-order valence-electron chi connectivity index (χ0n) is 16.7. The number of benzene rings is 1. The first-order chi connectivity index (χ1) is 15.5. The van der Waals surface area contributed by atoms with Gasteiger partial charge in [0.15, 0.2) is 4.34 Å². The molecule has 9 nitrogen and oxygen atoms in total. The first-order valence-corrected chi connectivity index (χ1v) is 12.3. The van der Waals surface area contributed by atoms with Crippen molar-refractivity contribution in [3.8, 4) is 11.5 Å². The van der Waals surface area contributed by atoms with Crippen LogP contribution in [0.1, 0.15) is 5.56 Å². The number of aromatic nitrogens is 3. The number of nitrogens with zero attached hydrogens (tertiary/aromatic N) is 3. The predicted octanol–water partition coefficient (Wildman–Crippen LogP) is 2.90. The molecule has 170 valence electrons. The number of carbonyl (C=O) groups is 1. The van der Waals surface area contributed by atoms with Crippen molar-refractivity contribution in [2.24, 2.45) is 0 Å². The lowest BCUT2D eigenvalue weighted by atomic mass is 10.2. The van der Waals surface area contributed by atoms with Crippen molar-refractivity contribution in [3.05, 3.63) is 49.7 Å². The molecule has 3 heterocycles. The van der Waals surface area contributed by atoms with Gasteiger partial charge in [0.05, 0.1) is 28.5 Å². The van der Waals surface area contributed by atoms with Gasteiger partial charge in [0.1, 0.15) is 5.69 Å². The molecule has 2 aromatic heterocycles. The van der Waals surface area contributed by atoms with E-state index in [0.29, 0.717) is 39.8 Å². The lowest BCUT2D eigenvalue weighted by molar-refractivity contribution is -0.119. The minimum atomic E-state index is -0.637. The SMILES string of the molecule is O=C(CSc1nc(-c2noc(=O)[nH]2)cs1)NCC1CN(Cc2ccc(Cl)c(Cl)c2)CCO1. The molecule has 0 aliphatic carbocycles. The number of ether oxygens (including phenoxy) is 1. The number of morpholine rings is 1. The standard InChI is InChI=1S/C19H19Cl2N5O4S2/c20-13-2-1-11(5-14(13)21)7-26-3-4-29-12(8-26)6-22-16(27)10-32-19-23-15(9-31-19)17-24-18(28)30-25-17/h1-2,5,9,12H,3-4,6-8,10H2,(H,22,27)(H,24,25,28). The third kappa shape index (κ3) is 6.33. The van der Waals surface area contributed by atoms with Gasteiger partial charge < -0.3 is 10.1 Å². The zero-order valence-corrected chi connectivity index (χ0v) is 19.8. The second kappa shape index (κ2) is 10.8. The van der Waals surface area contributed by atoms with Crippen LogP contribution in [0, 0.1) is 0 Å². The number of thiazole rings is 1. The largest absolute Gasteiger partial charge is 0.439 e. The molecule has 1 aromatic carbocycles. The topological polar surface area (TPSA) is 113 Å². The maximum absolute atomic E-state index is 12.3. The van der Waals surface area contributed by atoms with Gasteiger partial charge in [-0.2, -0.15) is 0 Å². The fourth-order valence-corrected chi connectivity index (χ4v) is 5.08. The summed E-state index contributed by atoms with van der Waals surface area (Å²) in [6, 6.07) is 5.63. The highest BCUT2D eigenvalue weighted by molar-refractivity contribution is 8.01. The summed E-state index contributed by atoms with van der Waals surface area (Å²) < 4.78 is 11.0. The Morgan fingerprint density at radius 3 is 3.03 bits per heavy atom. The molecule has 1 unspecified atom stereocenters. The number of thioether (sulfide) groups is 1. The lowest BCUT2D eigenvalue weighted by Gasteiger charge is -2.33. The van der Waals surface area contributed by atoms with E-state index in [4.69, 9.17) is 27.9 Å². The van der Waals surface area contributed by atoms with E-state index in [9.17, 15) is 9.59 Å². The summed E-state index contributed by atoms with van der Waals surface area (Å²) in [4.78, 5) is 32.3. The Morgan fingerprint density at radius 1 is 1.38 bits per heavy atom. The van der Waals surface area contributed by atoms with Crippen LogP contribution in [0.2, 0.25) is 10.0 Å². The fraction of sp³-hybridized carbons (Fsp3) is 0.368. The van der Waals surface area contributed by atoms with Crippen molar-refractivity contribution in [2.75, 3.05) is 32.0 Å². The molecule has 0 saturated carbocycles. The minimum absolute atomic E-state index is 0.0871. The van der Waals surface area contributed by atoms with Gasteiger partial charge in [0.2, 0.25) is 11.7 Å². The van der Waals surface area contributed by atoms with Gasteiger partial charge in [-0.25, -0.2) is 9.78 Å². The van der Waals surface area contributed by atoms with E-state index in [1.54, 1.807) is 11.4 Å². The lowest BCUT2D eigenvalue weighted by Crippen LogP contribution is -2.47. The molecule has 1 atom stereocenters. The highest BCUT2D eigenvalue weighted by Crippen LogP contribution is 2.26. The molecule has 1 saturated heterocycles. The van der Waals surface area contributed by atoms with Crippen LogP contribution in [0.5, 0.6) is 0 Å². The molecule has 1 aliphatic rings. The molecule has 1 fully saturated rings. The number of amides is 1. The summed E-state index contributed by atoms with van der Waals surface area (Å²) in [7, 11) is 0. The second-order valence-electron chi connectivity index (χ2n) is 7.01. The first-order valence-electron chi connectivity index (χ1n) is 9.65. The Bertz CT molecular complexity index is 1130. The summed E-state index contributed by atoms with van der Waals surface area (Å²) >= 11 is 14.8. The molecule has 0 bridgehead atoms. The van der Waals surface area contributed by atoms with E-state index >= 15 is 0 Å². The molecule has 4 rings (SSSR count). The van der Waals surface area contributed by atoms with Gasteiger partial charge in [-0.15, -0.1) is 11.3 Å². The van der Waals surface area contributed by atoms with Crippen molar-refractivity contribution < 1.29 is 14.1 Å². The minimum Gasteiger partial charge on any atom is -0.374 e. The van der Waals surface area contributed by atoms with Gasteiger partial charge in [-0.3, -0.25) is 19.2 Å². The van der Waals surface area contributed by atoms with Crippen molar-refractivity contribution in [2.45, 2.75) is 17.0 Å². The number of rotatable bonds is 8. The van der Waals surface area contributed by atoms with Gasteiger partial charge >= 0.3 is 5.76 Å². The molecule has 1 amide bonds. The highest BCUT2D eigenvalue weighted by atomic mass is 35.5. The van der Waals surface area contributed by atoms with Crippen LogP contribution >= 0.6 is 46.3 Å². The molecular formula is C19H19Cl2N5O4S2. The summed E-state index contributed by atoms with van der Waals surface area (Å²) in [6.07, 6.45) is -0.0871. The van der Waals surface area contributed by atoms with Crippen molar-refractivity contribution in [1.29, 1.82) is 0 Å². The third-order valence-corrected chi connectivity index (χ3v) is 7.39. The molecular weight excluding hydrogens is 497 g/mol. The van der Waals surface area contributed by atoms with Gasteiger partial charge in [-0.1, -0.05) is 46.2 Å². The van der Waals surface area contributed by atoms with Crippen LogP contribution in [-0.2, 0) is 16.1 Å². The van der Waals surface area contributed by atoms with Crippen molar-refractivity contribution in [3.63, 3.8) is 0 Å². The fourth-order valence-electron chi connectivity index (χ4n) is 3.12. The Kier molecular flexibility index (Phi) is 7.87. The molecule has 1 aliphatic heterocycles. The Morgan fingerprint density at radius 2 is 2.25 bits per heavy atom. The number of aromatic amines is 1. The average Bonchev–Trinajstić information content (AvgIpc) is 3.42. The van der Waals surface area contributed by atoms with Crippen LogP contribution in [0.25, 0.3) is 11.5 Å². The maximum atomic E-state index is 12.3. The van der Waals surface area contributed by atoms with Crippen molar-refractivity contribution in [1.82, 2.24) is 25.3 Å². The smallest absolute Gasteiger partial charge is 0.374 e. The monoisotopic (exact) mass is 515 g/mol. The quantitative estimate of drug-likeness (QED) is 0.440. The van der Waals surface area contributed by atoms with Gasteiger partial charge in [0.25, 0.3) is 0 Å². The molecule has 13 heteroatoms.